The first-order valence-corrected chi connectivity index (χ1v) is 5.43. The maximum Gasteiger partial charge on any atom is 0.328 e. The second-order valence-corrected chi connectivity index (χ2v) is 3.62. The number of hydrogen-bond acceptors (Lipinski definition) is 7. The molecule has 0 saturated heterocycles. The van der Waals surface area contributed by atoms with Crippen molar-refractivity contribution >= 4 is 11.5 Å². The van der Waals surface area contributed by atoms with Gasteiger partial charge < -0.3 is 14.8 Å². The van der Waals surface area contributed by atoms with Crippen LogP contribution in [0.4, 0.5) is 11.5 Å². The van der Waals surface area contributed by atoms with Crippen LogP contribution in [0.3, 0.4) is 0 Å². The Morgan fingerprint density at radius 3 is 2.89 bits per heavy atom. The summed E-state index contributed by atoms with van der Waals surface area (Å²) in [7, 11) is 3.04. The van der Waals surface area contributed by atoms with Gasteiger partial charge in [-0.05, 0) is 6.07 Å². The zero-order valence-corrected chi connectivity index (χ0v) is 10.6. The predicted molar refractivity (Wildman–Crippen MR) is 66.8 cm³/mol. The molecule has 0 bridgehead atoms. The van der Waals surface area contributed by atoms with Crippen LogP contribution in [0.1, 0.15) is 5.56 Å². The highest BCUT2D eigenvalue weighted by Crippen LogP contribution is 2.25. The van der Waals surface area contributed by atoms with Crippen LogP contribution in [0.25, 0.3) is 0 Å². The molecule has 0 spiro atoms. The molecule has 0 radical (unpaired) electrons. The van der Waals surface area contributed by atoms with E-state index in [4.69, 9.17) is 14.7 Å². The number of anilines is 1. The summed E-state index contributed by atoms with van der Waals surface area (Å²) in [6.45, 7) is 0.627. The van der Waals surface area contributed by atoms with Crippen molar-refractivity contribution in [3.63, 3.8) is 0 Å². The summed E-state index contributed by atoms with van der Waals surface area (Å²) >= 11 is 0. The molecule has 0 amide bonds. The SMILES string of the molecule is COCC(CNc1nccc(C#N)c1[N+](=O)[O-])OC. The van der Waals surface area contributed by atoms with E-state index < -0.39 is 4.92 Å². The lowest BCUT2D eigenvalue weighted by molar-refractivity contribution is -0.384. The number of pyridine rings is 1. The number of methoxy groups -OCH3 is 2. The average molecular weight is 266 g/mol. The van der Waals surface area contributed by atoms with Crippen molar-refractivity contribution in [1.29, 1.82) is 5.26 Å². The van der Waals surface area contributed by atoms with Crippen molar-refractivity contribution in [2.24, 2.45) is 0 Å². The highest BCUT2D eigenvalue weighted by atomic mass is 16.6. The van der Waals surface area contributed by atoms with Crippen molar-refractivity contribution in [2.75, 3.05) is 32.7 Å². The maximum absolute atomic E-state index is 11.0. The number of nitriles is 1. The normalized spacial score (nSPS) is 11.6. The Kier molecular flexibility index (Phi) is 5.66. The summed E-state index contributed by atoms with van der Waals surface area (Å²) < 4.78 is 10.1. The minimum absolute atomic E-state index is 0.0387. The van der Waals surface area contributed by atoms with Crippen molar-refractivity contribution in [2.45, 2.75) is 6.10 Å². The molecule has 8 heteroatoms. The molecule has 1 rings (SSSR count). The van der Waals surface area contributed by atoms with Gasteiger partial charge in [0, 0.05) is 27.0 Å². The second kappa shape index (κ2) is 7.25. The fraction of sp³-hybridized carbons (Fsp3) is 0.455. The van der Waals surface area contributed by atoms with Crippen LogP contribution >= 0.6 is 0 Å². The fourth-order valence-corrected chi connectivity index (χ4v) is 1.47. The molecule has 0 aromatic carbocycles. The minimum Gasteiger partial charge on any atom is -0.382 e. The lowest BCUT2D eigenvalue weighted by Gasteiger charge is -2.15. The molecule has 0 aliphatic rings. The van der Waals surface area contributed by atoms with E-state index in [1.807, 2.05) is 0 Å². The molecule has 0 fully saturated rings. The van der Waals surface area contributed by atoms with Gasteiger partial charge in [0.05, 0.1) is 17.6 Å². The van der Waals surface area contributed by atoms with Crippen LogP contribution in [-0.4, -0.2) is 43.4 Å². The van der Waals surface area contributed by atoms with Gasteiger partial charge in [0.2, 0.25) is 5.82 Å². The molecule has 1 aromatic rings. The Labute approximate surface area is 110 Å². The number of nitrogens with one attached hydrogen (secondary N) is 1. The van der Waals surface area contributed by atoms with Crippen molar-refractivity contribution in [3.05, 3.63) is 27.9 Å². The van der Waals surface area contributed by atoms with Gasteiger partial charge in [-0.3, -0.25) is 10.1 Å². The van der Waals surface area contributed by atoms with Gasteiger partial charge in [-0.2, -0.15) is 5.26 Å². The van der Waals surface area contributed by atoms with Crippen LogP contribution < -0.4 is 5.32 Å². The van der Waals surface area contributed by atoms with E-state index in [2.05, 4.69) is 10.3 Å². The Morgan fingerprint density at radius 2 is 2.37 bits per heavy atom. The highest BCUT2D eigenvalue weighted by molar-refractivity contribution is 5.64. The number of aromatic nitrogens is 1. The first kappa shape index (κ1) is 14.8. The zero-order chi connectivity index (χ0) is 14.3. The Balaban J connectivity index is 2.89. The first-order valence-electron chi connectivity index (χ1n) is 5.43. The molecular weight excluding hydrogens is 252 g/mol. The van der Waals surface area contributed by atoms with E-state index in [9.17, 15) is 10.1 Å². The third-order valence-corrected chi connectivity index (χ3v) is 2.41. The molecule has 0 aliphatic heterocycles. The molecule has 1 atom stereocenters. The highest BCUT2D eigenvalue weighted by Gasteiger charge is 2.21. The van der Waals surface area contributed by atoms with Crippen molar-refractivity contribution in [3.8, 4) is 6.07 Å². The second-order valence-electron chi connectivity index (χ2n) is 3.62. The maximum atomic E-state index is 11.0. The van der Waals surface area contributed by atoms with E-state index >= 15 is 0 Å². The molecule has 102 valence electrons. The zero-order valence-electron chi connectivity index (χ0n) is 10.6. The largest absolute Gasteiger partial charge is 0.382 e. The molecule has 1 unspecified atom stereocenters. The van der Waals surface area contributed by atoms with Crippen molar-refractivity contribution in [1.82, 2.24) is 4.98 Å². The van der Waals surface area contributed by atoms with Gasteiger partial charge in [0.1, 0.15) is 11.6 Å². The number of rotatable bonds is 7. The molecule has 1 N–H and O–H groups in total. The summed E-state index contributed by atoms with van der Waals surface area (Å²) in [6, 6.07) is 3.06. The van der Waals surface area contributed by atoms with E-state index in [0.717, 1.165) is 0 Å². The first-order chi connectivity index (χ1) is 9.13. The van der Waals surface area contributed by atoms with Crippen LogP contribution in [0.5, 0.6) is 0 Å². The van der Waals surface area contributed by atoms with Crippen LogP contribution in [-0.2, 0) is 9.47 Å². The lowest BCUT2D eigenvalue weighted by atomic mass is 10.2. The monoisotopic (exact) mass is 266 g/mol. The van der Waals surface area contributed by atoms with Crippen LogP contribution in [0.2, 0.25) is 0 Å². The quantitative estimate of drug-likeness (QED) is 0.577. The standard InChI is InChI=1S/C11H14N4O4/c1-18-7-9(19-2)6-14-11-10(15(16)17)8(5-12)3-4-13-11/h3-4,9H,6-7H2,1-2H3,(H,13,14). The van der Waals surface area contributed by atoms with E-state index in [1.54, 1.807) is 6.07 Å². The number of hydrogen-bond donors (Lipinski definition) is 1. The number of nitro groups is 1. The smallest absolute Gasteiger partial charge is 0.328 e. The van der Waals surface area contributed by atoms with Crippen LogP contribution in [0.15, 0.2) is 12.3 Å². The topological polar surface area (TPSA) is 110 Å². The van der Waals surface area contributed by atoms with E-state index in [1.165, 1.54) is 26.5 Å². The van der Waals surface area contributed by atoms with Gasteiger partial charge in [-0.15, -0.1) is 0 Å². The molecule has 1 aromatic heterocycles. The molecule has 0 aliphatic carbocycles. The summed E-state index contributed by atoms with van der Waals surface area (Å²) in [5, 5.41) is 22.6. The molecule has 1 heterocycles. The van der Waals surface area contributed by atoms with Gasteiger partial charge >= 0.3 is 5.69 Å². The fourth-order valence-electron chi connectivity index (χ4n) is 1.47. The average Bonchev–Trinajstić information content (AvgIpc) is 2.42. The Bertz CT molecular complexity index is 486. The van der Waals surface area contributed by atoms with Crippen molar-refractivity contribution < 1.29 is 14.4 Å². The van der Waals surface area contributed by atoms with Gasteiger partial charge in [0.15, 0.2) is 0 Å². The summed E-state index contributed by atoms with van der Waals surface area (Å²) in [5.74, 6) is 0.0437. The van der Waals surface area contributed by atoms with E-state index in [0.29, 0.717) is 6.61 Å². The number of nitrogens with zero attached hydrogens (tertiary/aromatic N) is 3. The molecule has 19 heavy (non-hydrogen) atoms. The minimum atomic E-state index is -0.633. The van der Waals surface area contributed by atoms with Gasteiger partial charge in [0.25, 0.3) is 0 Å². The van der Waals surface area contributed by atoms with Crippen LogP contribution in [0, 0.1) is 21.4 Å². The Hall–Kier alpha value is -2.24. The summed E-state index contributed by atoms with van der Waals surface area (Å²) in [5.41, 5.74) is -0.375. The molecule has 8 nitrogen and oxygen atoms in total. The summed E-state index contributed by atoms with van der Waals surface area (Å²) in [4.78, 5) is 14.2. The predicted octanol–water partition coefficient (Wildman–Crippen LogP) is 0.935. The lowest BCUT2D eigenvalue weighted by Crippen LogP contribution is -2.27. The third kappa shape index (κ3) is 3.87. The third-order valence-electron chi connectivity index (χ3n) is 2.41. The molecular formula is C11H14N4O4. The molecule has 0 saturated carbocycles. The Morgan fingerprint density at radius 1 is 1.63 bits per heavy atom. The van der Waals surface area contributed by atoms with E-state index in [-0.39, 0.29) is 29.7 Å². The number of ether oxygens (including phenoxy) is 2. The van der Waals surface area contributed by atoms with Gasteiger partial charge in [-0.1, -0.05) is 0 Å². The summed E-state index contributed by atoms with van der Waals surface area (Å²) in [6.07, 6.45) is 1.07. The van der Waals surface area contributed by atoms with Gasteiger partial charge in [-0.25, -0.2) is 4.98 Å².